The third kappa shape index (κ3) is 1.61. The van der Waals surface area contributed by atoms with Gasteiger partial charge in [0.2, 0.25) is 0 Å². The molecule has 0 atom stereocenters. The van der Waals surface area contributed by atoms with Gasteiger partial charge in [-0.1, -0.05) is 11.6 Å². The monoisotopic (exact) mass is 244 g/mol. The smallest absolute Gasteiger partial charge is 0.345 e. The number of carboxylic acids is 1. The van der Waals surface area contributed by atoms with Crippen LogP contribution in [0.2, 0.25) is 5.02 Å². The van der Waals surface area contributed by atoms with Gasteiger partial charge in [0.05, 0.1) is 0 Å². The van der Waals surface area contributed by atoms with Crippen LogP contribution in [0, 0.1) is 0 Å². The molecule has 2 nitrogen and oxygen atoms in total. The van der Waals surface area contributed by atoms with Gasteiger partial charge in [-0.15, -0.1) is 24.0 Å². The van der Waals surface area contributed by atoms with Gasteiger partial charge in [-0.05, 0) is 23.6 Å². The number of thiol groups is 1. The van der Waals surface area contributed by atoms with Gasteiger partial charge in [-0.3, -0.25) is 0 Å². The quantitative estimate of drug-likeness (QED) is 0.753. The average molecular weight is 245 g/mol. The zero-order chi connectivity index (χ0) is 10.3. The van der Waals surface area contributed by atoms with Crippen molar-refractivity contribution in [1.29, 1.82) is 0 Å². The van der Waals surface area contributed by atoms with Crippen LogP contribution in [0.4, 0.5) is 0 Å². The summed E-state index contributed by atoms with van der Waals surface area (Å²) in [5.41, 5.74) is 0. The first-order chi connectivity index (χ1) is 6.58. The number of hydrogen-bond donors (Lipinski definition) is 2. The van der Waals surface area contributed by atoms with Crippen molar-refractivity contribution in [2.45, 2.75) is 4.90 Å². The molecule has 2 aromatic rings. The number of fused-ring (bicyclic) bond motifs is 1. The molecule has 1 aromatic carbocycles. The predicted octanol–water partition coefficient (Wildman–Crippen LogP) is 3.54. The van der Waals surface area contributed by atoms with E-state index in [0.29, 0.717) is 14.8 Å². The highest BCUT2D eigenvalue weighted by atomic mass is 35.5. The van der Waals surface area contributed by atoms with Gasteiger partial charge >= 0.3 is 5.97 Å². The minimum absolute atomic E-state index is 0.303. The number of hydrogen-bond acceptors (Lipinski definition) is 3. The van der Waals surface area contributed by atoms with Crippen molar-refractivity contribution in [3.05, 3.63) is 28.1 Å². The molecular formula is C9H5ClO2S2. The average Bonchev–Trinajstić information content (AvgIpc) is 2.47. The fraction of sp³-hybridized carbons (Fsp3) is 0. The molecule has 5 heteroatoms. The van der Waals surface area contributed by atoms with Crippen molar-refractivity contribution < 1.29 is 9.90 Å². The van der Waals surface area contributed by atoms with Crippen LogP contribution in [0.3, 0.4) is 0 Å². The molecule has 2 rings (SSSR count). The lowest BCUT2D eigenvalue weighted by molar-refractivity contribution is 0.0702. The van der Waals surface area contributed by atoms with Crippen LogP contribution in [0.5, 0.6) is 0 Å². The summed E-state index contributed by atoms with van der Waals surface area (Å²) in [5.74, 6) is -0.921. The van der Waals surface area contributed by atoms with Crippen LogP contribution >= 0.6 is 35.6 Å². The van der Waals surface area contributed by atoms with E-state index in [0.717, 1.165) is 10.1 Å². The van der Waals surface area contributed by atoms with Crippen LogP contribution in [-0.4, -0.2) is 11.1 Å². The van der Waals surface area contributed by atoms with Crippen molar-refractivity contribution in [1.82, 2.24) is 0 Å². The van der Waals surface area contributed by atoms with E-state index in [9.17, 15) is 4.79 Å². The molecule has 0 aliphatic rings. The molecule has 0 bridgehead atoms. The van der Waals surface area contributed by atoms with Gasteiger partial charge in [0, 0.05) is 14.6 Å². The van der Waals surface area contributed by atoms with Crippen molar-refractivity contribution >= 4 is 51.6 Å². The summed E-state index contributed by atoms with van der Waals surface area (Å²) in [4.78, 5) is 11.7. The molecule has 0 saturated carbocycles. The highest BCUT2D eigenvalue weighted by Gasteiger charge is 2.10. The lowest BCUT2D eigenvalue weighted by atomic mass is 10.2. The Morgan fingerprint density at radius 2 is 2.14 bits per heavy atom. The van der Waals surface area contributed by atoms with Crippen molar-refractivity contribution in [2.24, 2.45) is 0 Å². The maximum absolute atomic E-state index is 10.7. The summed E-state index contributed by atoms with van der Waals surface area (Å²) in [5, 5.41) is 10.2. The van der Waals surface area contributed by atoms with E-state index in [-0.39, 0.29) is 0 Å². The van der Waals surface area contributed by atoms with Gasteiger partial charge in [-0.25, -0.2) is 4.79 Å². The predicted molar refractivity (Wildman–Crippen MR) is 61.0 cm³/mol. The second-order valence-electron chi connectivity index (χ2n) is 2.76. The number of carbonyl (C=O) groups is 1. The Morgan fingerprint density at radius 3 is 2.79 bits per heavy atom. The summed E-state index contributed by atoms with van der Waals surface area (Å²) >= 11 is 11.3. The normalized spacial score (nSPS) is 10.7. The summed E-state index contributed by atoms with van der Waals surface area (Å²) in [6.45, 7) is 0. The Labute approximate surface area is 94.5 Å². The van der Waals surface area contributed by atoms with Crippen molar-refractivity contribution in [2.75, 3.05) is 0 Å². The number of halogens is 1. The highest BCUT2D eigenvalue weighted by Crippen LogP contribution is 2.33. The largest absolute Gasteiger partial charge is 0.477 e. The minimum atomic E-state index is -0.921. The standard InChI is InChI=1S/C9H5ClO2S2/c10-5-1-4-2-7(9(11)12)14-8(4)6(13)3-5/h1-3,13H,(H,11,12). The molecule has 0 saturated heterocycles. The van der Waals surface area contributed by atoms with Gasteiger partial charge in [0.25, 0.3) is 0 Å². The fourth-order valence-electron chi connectivity index (χ4n) is 1.20. The van der Waals surface area contributed by atoms with E-state index in [1.54, 1.807) is 18.2 Å². The third-order valence-electron chi connectivity index (χ3n) is 1.77. The zero-order valence-electron chi connectivity index (χ0n) is 6.82. The Kier molecular flexibility index (Phi) is 2.43. The Hall–Kier alpha value is -0.710. The minimum Gasteiger partial charge on any atom is -0.477 e. The fourth-order valence-corrected chi connectivity index (χ4v) is 2.80. The number of aromatic carboxylic acids is 1. The van der Waals surface area contributed by atoms with Gasteiger partial charge in [-0.2, -0.15) is 0 Å². The molecule has 14 heavy (non-hydrogen) atoms. The third-order valence-corrected chi connectivity index (χ3v) is 3.67. The Bertz CT molecular complexity index is 519. The first-order valence-corrected chi connectivity index (χ1v) is 5.37. The molecule has 0 spiro atoms. The van der Waals surface area contributed by atoms with E-state index >= 15 is 0 Å². The SMILES string of the molecule is O=C(O)c1cc2cc(Cl)cc(S)c2s1. The molecule has 0 aliphatic heterocycles. The number of thiophene rings is 1. The summed E-state index contributed by atoms with van der Waals surface area (Å²) in [7, 11) is 0. The zero-order valence-corrected chi connectivity index (χ0v) is 9.29. The lowest BCUT2D eigenvalue weighted by Gasteiger charge is -1.94. The molecule has 0 amide bonds. The lowest BCUT2D eigenvalue weighted by Crippen LogP contribution is -1.89. The van der Waals surface area contributed by atoms with E-state index in [1.165, 1.54) is 11.3 Å². The molecule has 1 aromatic heterocycles. The first kappa shape index (κ1) is 9.83. The van der Waals surface area contributed by atoms with Crippen molar-refractivity contribution in [3.8, 4) is 0 Å². The van der Waals surface area contributed by atoms with Crippen molar-refractivity contribution in [3.63, 3.8) is 0 Å². The van der Waals surface area contributed by atoms with E-state index < -0.39 is 5.97 Å². The molecule has 0 unspecified atom stereocenters. The summed E-state index contributed by atoms with van der Waals surface area (Å²) < 4.78 is 0.857. The molecule has 0 aliphatic carbocycles. The van der Waals surface area contributed by atoms with Gasteiger partial charge in [0.1, 0.15) is 4.88 Å². The number of benzene rings is 1. The number of rotatable bonds is 1. The molecule has 72 valence electrons. The van der Waals surface area contributed by atoms with Crippen LogP contribution in [0.15, 0.2) is 23.1 Å². The highest BCUT2D eigenvalue weighted by molar-refractivity contribution is 7.80. The van der Waals surface area contributed by atoms with Crippen LogP contribution in [0.1, 0.15) is 9.67 Å². The van der Waals surface area contributed by atoms with Crippen LogP contribution in [0.25, 0.3) is 10.1 Å². The molecular weight excluding hydrogens is 240 g/mol. The Morgan fingerprint density at radius 1 is 1.43 bits per heavy atom. The van der Waals surface area contributed by atoms with E-state index in [1.807, 2.05) is 0 Å². The molecule has 0 fully saturated rings. The molecule has 1 heterocycles. The second kappa shape index (κ2) is 3.46. The van der Waals surface area contributed by atoms with Gasteiger partial charge in [0.15, 0.2) is 0 Å². The maximum atomic E-state index is 10.7. The topological polar surface area (TPSA) is 37.3 Å². The first-order valence-electron chi connectivity index (χ1n) is 3.73. The van der Waals surface area contributed by atoms with Gasteiger partial charge < -0.3 is 5.11 Å². The maximum Gasteiger partial charge on any atom is 0.345 e. The second-order valence-corrected chi connectivity index (χ2v) is 4.73. The number of carboxylic acid groups (broad SMARTS) is 1. The Balaban J connectivity index is 2.76. The summed E-state index contributed by atoms with van der Waals surface area (Å²) in [6, 6.07) is 5.04. The van der Waals surface area contributed by atoms with Crippen LogP contribution in [-0.2, 0) is 0 Å². The van der Waals surface area contributed by atoms with E-state index in [4.69, 9.17) is 16.7 Å². The van der Waals surface area contributed by atoms with E-state index in [2.05, 4.69) is 12.6 Å². The molecule has 1 N–H and O–H groups in total. The molecule has 0 radical (unpaired) electrons. The summed E-state index contributed by atoms with van der Waals surface area (Å²) in [6.07, 6.45) is 0. The van der Waals surface area contributed by atoms with Crippen LogP contribution < -0.4 is 0 Å².